The van der Waals surface area contributed by atoms with Crippen molar-refractivity contribution in [2.24, 2.45) is 0 Å². The third-order valence-corrected chi connectivity index (χ3v) is 5.54. The van der Waals surface area contributed by atoms with E-state index in [2.05, 4.69) is 0 Å². The zero-order valence-electron chi connectivity index (χ0n) is 10.6. The number of benzene rings is 1. The standard InChI is InChI=1S/C12H12FNO6S/c13-8-3-1-2-4-10(8)21(19,20)7-5-9(11(15)16)14(6-7)12(17)18/h1-4,7,9H,5-6H2,(H,15,16)(H,17,18)/t7-,9+/m1/s1. The van der Waals surface area contributed by atoms with Crippen molar-refractivity contribution in [3.05, 3.63) is 30.1 Å². The molecule has 21 heavy (non-hydrogen) atoms. The zero-order valence-corrected chi connectivity index (χ0v) is 11.5. The first kappa shape index (κ1) is 15.2. The van der Waals surface area contributed by atoms with Gasteiger partial charge >= 0.3 is 12.1 Å². The van der Waals surface area contributed by atoms with Gasteiger partial charge in [0.1, 0.15) is 16.8 Å². The fourth-order valence-electron chi connectivity index (χ4n) is 2.32. The van der Waals surface area contributed by atoms with Crippen LogP contribution in [0.5, 0.6) is 0 Å². The third kappa shape index (κ3) is 2.68. The van der Waals surface area contributed by atoms with Crippen LogP contribution < -0.4 is 0 Å². The molecule has 1 fully saturated rings. The van der Waals surface area contributed by atoms with E-state index in [1.54, 1.807) is 0 Å². The van der Waals surface area contributed by atoms with Crippen LogP contribution in [0.4, 0.5) is 9.18 Å². The Labute approximate surface area is 119 Å². The Balaban J connectivity index is 2.37. The molecule has 2 N–H and O–H groups in total. The average Bonchev–Trinajstić information content (AvgIpc) is 2.85. The minimum absolute atomic E-state index is 0.404. The molecule has 7 nitrogen and oxygen atoms in total. The number of aliphatic carboxylic acids is 1. The van der Waals surface area contributed by atoms with Crippen molar-refractivity contribution in [1.29, 1.82) is 0 Å². The van der Waals surface area contributed by atoms with Gasteiger partial charge in [-0.05, 0) is 18.6 Å². The van der Waals surface area contributed by atoms with Crippen LogP contribution in [-0.2, 0) is 14.6 Å². The number of likely N-dealkylation sites (tertiary alicyclic amines) is 1. The molecule has 0 aromatic heterocycles. The molecular formula is C12H12FNO6S. The molecule has 0 saturated carbocycles. The van der Waals surface area contributed by atoms with Gasteiger partial charge in [-0.25, -0.2) is 22.4 Å². The molecule has 1 aromatic carbocycles. The summed E-state index contributed by atoms with van der Waals surface area (Å²) in [7, 11) is -4.15. The molecule has 0 bridgehead atoms. The van der Waals surface area contributed by atoms with Crippen molar-refractivity contribution in [3.63, 3.8) is 0 Å². The molecule has 1 aliphatic rings. The Morgan fingerprint density at radius 1 is 1.24 bits per heavy atom. The van der Waals surface area contributed by atoms with E-state index >= 15 is 0 Å². The number of sulfone groups is 1. The highest BCUT2D eigenvalue weighted by Crippen LogP contribution is 2.29. The molecule has 1 amide bonds. The number of nitrogens with zero attached hydrogens (tertiary/aromatic N) is 1. The maximum absolute atomic E-state index is 13.6. The fourth-order valence-corrected chi connectivity index (χ4v) is 4.08. The number of hydrogen-bond donors (Lipinski definition) is 2. The topological polar surface area (TPSA) is 112 Å². The summed E-state index contributed by atoms with van der Waals surface area (Å²) in [4.78, 5) is 22.0. The Kier molecular flexibility index (Phi) is 3.86. The van der Waals surface area contributed by atoms with Gasteiger partial charge in [0.2, 0.25) is 0 Å². The minimum atomic E-state index is -4.15. The molecule has 9 heteroatoms. The molecule has 0 radical (unpaired) electrons. The molecule has 1 aliphatic heterocycles. The summed E-state index contributed by atoms with van der Waals surface area (Å²) in [6.45, 7) is -0.497. The molecule has 0 spiro atoms. The van der Waals surface area contributed by atoms with E-state index in [9.17, 15) is 22.4 Å². The van der Waals surface area contributed by atoms with Crippen molar-refractivity contribution < 1.29 is 32.6 Å². The highest BCUT2D eigenvalue weighted by molar-refractivity contribution is 7.92. The van der Waals surface area contributed by atoms with Crippen molar-refractivity contribution >= 4 is 21.9 Å². The number of carbonyl (C=O) groups is 2. The smallest absolute Gasteiger partial charge is 0.408 e. The number of halogens is 1. The first-order valence-electron chi connectivity index (χ1n) is 5.96. The van der Waals surface area contributed by atoms with E-state index in [4.69, 9.17) is 10.2 Å². The molecule has 0 aliphatic carbocycles. The summed E-state index contributed by atoms with van der Waals surface area (Å²) in [5.74, 6) is -2.37. The lowest BCUT2D eigenvalue weighted by molar-refractivity contribution is -0.141. The van der Waals surface area contributed by atoms with E-state index in [0.717, 1.165) is 12.1 Å². The van der Waals surface area contributed by atoms with Crippen molar-refractivity contribution in [2.75, 3.05) is 6.54 Å². The van der Waals surface area contributed by atoms with E-state index in [1.165, 1.54) is 12.1 Å². The van der Waals surface area contributed by atoms with Gasteiger partial charge in [0.05, 0.1) is 5.25 Å². The van der Waals surface area contributed by atoms with Crippen molar-refractivity contribution in [1.82, 2.24) is 4.90 Å². The lowest BCUT2D eigenvalue weighted by Crippen LogP contribution is -2.39. The summed E-state index contributed by atoms with van der Waals surface area (Å²) in [5.41, 5.74) is 0. The van der Waals surface area contributed by atoms with Crippen molar-refractivity contribution in [2.45, 2.75) is 22.6 Å². The SMILES string of the molecule is O=C(O)[C@@H]1C[C@@H](S(=O)(=O)c2ccccc2F)CN1C(=O)O. The number of hydrogen-bond acceptors (Lipinski definition) is 4. The summed E-state index contributed by atoms with van der Waals surface area (Å²) in [6.07, 6.45) is -1.92. The van der Waals surface area contributed by atoms with Crippen LogP contribution in [0.1, 0.15) is 6.42 Å². The predicted molar refractivity (Wildman–Crippen MR) is 68.1 cm³/mol. The monoisotopic (exact) mass is 317 g/mol. The van der Waals surface area contributed by atoms with Crippen LogP contribution in [0, 0.1) is 5.82 Å². The van der Waals surface area contributed by atoms with Crippen LogP contribution in [0.3, 0.4) is 0 Å². The van der Waals surface area contributed by atoms with Crippen LogP contribution in [-0.4, -0.2) is 53.4 Å². The zero-order chi connectivity index (χ0) is 15.8. The minimum Gasteiger partial charge on any atom is -0.480 e. The van der Waals surface area contributed by atoms with Crippen LogP contribution in [0.25, 0.3) is 0 Å². The molecule has 2 rings (SSSR count). The van der Waals surface area contributed by atoms with Gasteiger partial charge in [-0.15, -0.1) is 0 Å². The Bertz CT molecular complexity index is 667. The lowest BCUT2D eigenvalue weighted by atomic mass is 10.2. The maximum atomic E-state index is 13.6. The molecule has 0 unspecified atom stereocenters. The normalized spacial score (nSPS) is 22.2. The van der Waals surface area contributed by atoms with Gasteiger partial charge in [-0.1, -0.05) is 12.1 Å². The fraction of sp³-hybridized carbons (Fsp3) is 0.333. The molecule has 1 heterocycles. The molecule has 114 valence electrons. The van der Waals surface area contributed by atoms with Gasteiger partial charge in [0, 0.05) is 6.54 Å². The maximum Gasteiger partial charge on any atom is 0.408 e. The van der Waals surface area contributed by atoms with E-state index in [0.29, 0.717) is 4.90 Å². The number of carboxylic acids is 1. The highest BCUT2D eigenvalue weighted by Gasteiger charge is 2.46. The Morgan fingerprint density at radius 2 is 1.86 bits per heavy atom. The highest BCUT2D eigenvalue weighted by atomic mass is 32.2. The van der Waals surface area contributed by atoms with Gasteiger partial charge in [0.15, 0.2) is 9.84 Å². The summed E-state index contributed by atoms with van der Waals surface area (Å²) >= 11 is 0. The van der Waals surface area contributed by atoms with E-state index in [1.807, 2.05) is 0 Å². The molecule has 1 aromatic rings. The lowest BCUT2D eigenvalue weighted by Gasteiger charge is -2.16. The second-order valence-electron chi connectivity index (χ2n) is 4.62. The molecule has 1 saturated heterocycles. The second kappa shape index (κ2) is 5.32. The average molecular weight is 317 g/mol. The van der Waals surface area contributed by atoms with Crippen LogP contribution in [0.15, 0.2) is 29.2 Å². The Hall–Kier alpha value is -2.16. The van der Waals surface area contributed by atoms with E-state index in [-0.39, 0.29) is 0 Å². The van der Waals surface area contributed by atoms with Gasteiger partial charge in [0.25, 0.3) is 0 Å². The van der Waals surface area contributed by atoms with Crippen LogP contribution in [0.2, 0.25) is 0 Å². The first-order chi connectivity index (χ1) is 9.75. The third-order valence-electron chi connectivity index (χ3n) is 3.38. The Morgan fingerprint density at radius 3 is 2.33 bits per heavy atom. The van der Waals surface area contributed by atoms with E-state index < -0.39 is 56.9 Å². The van der Waals surface area contributed by atoms with Crippen LogP contribution >= 0.6 is 0 Å². The first-order valence-corrected chi connectivity index (χ1v) is 7.50. The van der Waals surface area contributed by atoms with Crippen molar-refractivity contribution in [3.8, 4) is 0 Å². The number of amides is 1. The quantitative estimate of drug-likeness (QED) is 0.853. The number of rotatable bonds is 3. The molecule has 2 atom stereocenters. The second-order valence-corrected chi connectivity index (χ2v) is 6.82. The largest absolute Gasteiger partial charge is 0.480 e. The number of carboxylic acid groups (broad SMARTS) is 2. The summed E-state index contributed by atoms with van der Waals surface area (Å²) in [6, 6.07) is 3.27. The van der Waals surface area contributed by atoms with Gasteiger partial charge in [-0.2, -0.15) is 0 Å². The summed E-state index contributed by atoms with van der Waals surface area (Å²) in [5, 5.41) is 16.6. The van der Waals surface area contributed by atoms with Gasteiger partial charge < -0.3 is 10.2 Å². The predicted octanol–water partition coefficient (Wildman–Crippen LogP) is 0.805. The molecular weight excluding hydrogens is 305 g/mol. The van der Waals surface area contributed by atoms with Gasteiger partial charge in [-0.3, -0.25) is 4.90 Å². The summed E-state index contributed by atoms with van der Waals surface area (Å²) < 4.78 is 38.3.